The third kappa shape index (κ3) is 5.02. The third-order valence-electron chi connectivity index (χ3n) is 8.20. The Labute approximate surface area is 254 Å². The normalized spacial score (nSPS) is 17.2. The second-order valence-electron chi connectivity index (χ2n) is 10.8. The van der Waals surface area contributed by atoms with E-state index in [1.807, 2.05) is 42.5 Å². The van der Waals surface area contributed by atoms with Crippen molar-refractivity contribution in [2.24, 2.45) is 0 Å². The zero-order valence-electron chi connectivity index (χ0n) is 24.4. The smallest absolute Gasteiger partial charge is 0.312 e. The van der Waals surface area contributed by atoms with Crippen molar-refractivity contribution in [2.45, 2.75) is 25.2 Å². The number of Topliss-reactive ketones (excluding diaryl/α,β-unsaturated/α-hetero) is 1. The van der Waals surface area contributed by atoms with Crippen molar-refractivity contribution in [3.05, 3.63) is 112 Å². The summed E-state index contributed by atoms with van der Waals surface area (Å²) in [6.45, 7) is 1.28. The number of ketones is 1. The molecule has 3 heterocycles. The second kappa shape index (κ2) is 11.4. The van der Waals surface area contributed by atoms with E-state index in [4.69, 9.17) is 28.4 Å². The summed E-state index contributed by atoms with van der Waals surface area (Å²) in [5, 5.41) is 0. The van der Waals surface area contributed by atoms with E-state index in [0.29, 0.717) is 46.3 Å². The molecule has 8 nitrogen and oxygen atoms in total. The summed E-state index contributed by atoms with van der Waals surface area (Å²) >= 11 is 0. The number of carbonyl (C=O) groups excluding carboxylic acids is 2. The van der Waals surface area contributed by atoms with E-state index in [-0.39, 0.29) is 29.9 Å². The molecule has 0 spiro atoms. The lowest BCUT2D eigenvalue weighted by Gasteiger charge is -2.26. The number of fused-ring (bicyclic) bond motifs is 4. The van der Waals surface area contributed by atoms with Crippen molar-refractivity contribution >= 4 is 17.8 Å². The standard InChI is InChI=1S/C36H30O8/c1-39-30-5-3-4-24(35(30)40-2)19-31-34(38)26-11-13-29-33(36(26)44-31)27(20-32(37)43-29)22-7-9-25(10-8-22)41-16-14-21-6-12-28-23(18-21)15-17-42-28/h3-13,18-19,27H,14-17,20H2,1-2H3/b31-19-. The number of carbonyl (C=O) groups is 2. The fraction of sp³-hybridized carbons (Fsp3) is 0.222. The van der Waals surface area contributed by atoms with Gasteiger partial charge in [-0.25, -0.2) is 0 Å². The quantitative estimate of drug-likeness (QED) is 0.134. The number of ether oxygens (including phenoxy) is 6. The highest BCUT2D eigenvalue weighted by molar-refractivity contribution is 6.15. The highest BCUT2D eigenvalue weighted by Crippen LogP contribution is 2.49. The van der Waals surface area contributed by atoms with Crippen molar-refractivity contribution in [2.75, 3.05) is 27.4 Å². The number of allylic oxidation sites excluding steroid dienone is 1. The molecular weight excluding hydrogens is 560 g/mol. The molecule has 1 unspecified atom stereocenters. The maximum atomic E-state index is 13.5. The Kier molecular flexibility index (Phi) is 7.18. The van der Waals surface area contributed by atoms with Crippen LogP contribution in [0.5, 0.6) is 34.5 Å². The van der Waals surface area contributed by atoms with Gasteiger partial charge in [0, 0.05) is 29.9 Å². The molecule has 0 amide bonds. The Bertz CT molecular complexity index is 1800. The number of benzene rings is 4. The Morgan fingerprint density at radius 1 is 0.909 bits per heavy atom. The molecule has 0 fully saturated rings. The lowest BCUT2D eigenvalue weighted by atomic mass is 9.84. The number of methoxy groups -OCH3 is 2. The fourth-order valence-corrected chi connectivity index (χ4v) is 6.04. The predicted octanol–water partition coefficient (Wildman–Crippen LogP) is 6.32. The maximum absolute atomic E-state index is 13.5. The molecule has 222 valence electrons. The van der Waals surface area contributed by atoms with Crippen molar-refractivity contribution in [3.63, 3.8) is 0 Å². The van der Waals surface area contributed by atoms with Crippen LogP contribution in [-0.4, -0.2) is 39.2 Å². The first kappa shape index (κ1) is 27.6. The average molecular weight is 591 g/mol. The van der Waals surface area contributed by atoms with Gasteiger partial charge >= 0.3 is 5.97 Å². The first-order valence-corrected chi connectivity index (χ1v) is 14.5. The molecule has 7 rings (SSSR count). The highest BCUT2D eigenvalue weighted by Gasteiger charge is 2.38. The van der Waals surface area contributed by atoms with Crippen molar-refractivity contribution in [3.8, 4) is 34.5 Å². The number of hydrogen-bond acceptors (Lipinski definition) is 8. The van der Waals surface area contributed by atoms with Gasteiger partial charge in [-0.1, -0.05) is 36.4 Å². The number of esters is 1. The molecule has 8 heteroatoms. The molecule has 0 bridgehead atoms. The van der Waals surface area contributed by atoms with Crippen LogP contribution in [0.2, 0.25) is 0 Å². The van der Waals surface area contributed by atoms with Crippen LogP contribution in [-0.2, 0) is 17.6 Å². The molecule has 3 aliphatic rings. The third-order valence-corrected chi connectivity index (χ3v) is 8.20. The summed E-state index contributed by atoms with van der Waals surface area (Å²) in [5.74, 6) is 2.72. The highest BCUT2D eigenvalue weighted by atomic mass is 16.5. The first-order chi connectivity index (χ1) is 21.5. The molecule has 3 aliphatic heterocycles. The molecular formula is C36H30O8. The molecule has 4 aromatic rings. The van der Waals surface area contributed by atoms with Crippen LogP contribution in [0.25, 0.3) is 6.08 Å². The summed E-state index contributed by atoms with van der Waals surface area (Å²) in [5.41, 5.74) is 5.08. The van der Waals surface area contributed by atoms with E-state index in [9.17, 15) is 9.59 Å². The number of rotatable bonds is 8. The van der Waals surface area contributed by atoms with E-state index in [1.54, 1.807) is 38.5 Å². The summed E-state index contributed by atoms with van der Waals surface area (Å²) in [6, 6.07) is 22.7. The minimum atomic E-state index is -0.359. The molecule has 0 N–H and O–H groups in total. The van der Waals surface area contributed by atoms with Crippen molar-refractivity contribution in [1.82, 2.24) is 0 Å². The van der Waals surface area contributed by atoms with Gasteiger partial charge in [0.05, 0.1) is 39.4 Å². The minimum absolute atomic E-state index is 0.117. The van der Waals surface area contributed by atoms with Gasteiger partial charge in [-0.05, 0) is 59.2 Å². The number of para-hydroxylation sites is 1. The van der Waals surface area contributed by atoms with Gasteiger partial charge in [-0.15, -0.1) is 0 Å². The molecule has 4 aromatic carbocycles. The summed E-state index contributed by atoms with van der Waals surface area (Å²) < 4.78 is 34.4. The van der Waals surface area contributed by atoms with E-state index in [1.165, 1.54) is 11.1 Å². The second-order valence-corrected chi connectivity index (χ2v) is 10.8. The summed E-state index contributed by atoms with van der Waals surface area (Å²) in [7, 11) is 3.10. The predicted molar refractivity (Wildman–Crippen MR) is 162 cm³/mol. The van der Waals surface area contributed by atoms with Crippen LogP contribution < -0.4 is 28.4 Å². The fourth-order valence-electron chi connectivity index (χ4n) is 6.04. The van der Waals surface area contributed by atoms with E-state index < -0.39 is 0 Å². The Hall–Kier alpha value is -5.24. The maximum Gasteiger partial charge on any atom is 0.312 e. The van der Waals surface area contributed by atoms with Crippen LogP contribution in [0.4, 0.5) is 0 Å². The molecule has 0 radical (unpaired) electrons. The lowest BCUT2D eigenvalue weighted by molar-refractivity contribution is -0.135. The van der Waals surface area contributed by atoms with Gasteiger partial charge in [-0.3, -0.25) is 9.59 Å². The van der Waals surface area contributed by atoms with Gasteiger partial charge < -0.3 is 28.4 Å². The van der Waals surface area contributed by atoms with E-state index >= 15 is 0 Å². The lowest BCUT2D eigenvalue weighted by Crippen LogP contribution is -2.21. The average Bonchev–Trinajstić information content (AvgIpc) is 3.64. The monoisotopic (exact) mass is 590 g/mol. The SMILES string of the molecule is COc1cccc(/C=C2\Oc3c(ccc4c3C(c3ccc(OCCc5ccc6c(c5)CCO6)cc3)CC(=O)O4)C2=O)c1OC. The topological polar surface area (TPSA) is 89.5 Å². The molecule has 0 saturated carbocycles. The summed E-state index contributed by atoms with van der Waals surface area (Å²) in [4.78, 5) is 26.1. The van der Waals surface area contributed by atoms with Gasteiger partial charge in [0.15, 0.2) is 17.3 Å². The van der Waals surface area contributed by atoms with Gasteiger partial charge in [0.25, 0.3) is 0 Å². The number of hydrogen-bond donors (Lipinski definition) is 0. The largest absolute Gasteiger partial charge is 0.493 e. The van der Waals surface area contributed by atoms with E-state index in [2.05, 4.69) is 12.1 Å². The molecule has 0 saturated heterocycles. The van der Waals surface area contributed by atoms with E-state index in [0.717, 1.165) is 36.5 Å². The van der Waals surface area contributed by atoms with Crippen LogP contribution >= 0.6 is 0 Å². The molecule has 0 aromatic heterocycles. The van der Waals surface area contributed by atoms with Gasteiger partial charge in [-0.2, -0.15) is 0 Å². The van der Waals surface area contributed by atoms with Gasteiger partial charge in [0.2, 0.25) is 5.78 Å². The first-order valence-electron chi connectivity index (χ1n) is 14.5. The molecule has 0 aliphatic carbocycles. The zero-order chi connectivity index (χ0) is 30.2. The molecule has 1 atom stereocenters. The van der Waals surface area contributed by atoms with Crippen LogP contribution in [0, 0.1) is 0 Å². The minimum Gasteiger partial charge on any atom is -0.493 e. The Morgan fingerprint density at radius 2 is 1.75 bits per heavy atom. The summed E-state index contributed by atoms with van der Waals surface area (Å²) in [6.07, 6.45) is 3.49. The van der Waals surface area contributed by atoms with Gasteiger partial charge in [0.1, 0.15) is 23.0 Å². The zero-order valence-corrected chi connectivity index (χ0v) is 24.4. The van der Waals surface area contributed by atoms with Crippen molar-refractivity contribution < 1.29 is 38.0 Å². The Balaban J connectivity index is 1.12. The Morgan fingerprint density at radius 3 is 2.57 bits per heavy atom. The molecule has 44 heavy (non-hydrogen) atoms. The van der Waals surface area contributed by atoms with Crippen LogP contribution in [0.3, 0.4) is 0 Å². The van der Waals surface area contributed by atoms with Crippen molar-refractivity contribution in [1.29, 1.82) is 0 Å². The van der Waals surface area contributed by atoms with Crippen LogP contribution in [0.1, 0.15) is 50.5 Å². The van der Waals surface area contributed by atoms with Crippen LogP contribution in [0.15, 0.2) is 78.6 Å².